The Bertz CT molecular complexity index is 425. The molecule has 1 fully saturated rings. The van der Waals surface area contributed by atoms with E-state index in [1.165, 1.54) is 0 Å². The molecule has 1 heterocycles. The van der Waals surface area contributed by atoms with Crippen molar-refractivity contribution in [1.82, 2.24) is 5.43 Å². The van der Waals surface area contributed by atoms with Crippen LogP contribution < -0.4 is 16.6 Å². The number of benzene rings is 1. The second kappa shape index (κ2) is 6.51. The summed E-state index contributed by atoms with van der Waals surface area (Å²) in [5.74, 6) is 7.48. The number of nitrogens with two attached hydrogens (primary N) is 1. The Morgan fingerprint density at radius 3 is 2.56 bits per heavy atom. The van der Waals surface area contributed by atoms with Crippen LogP contribution in [-0.2, 0) is 10.8 Å². The molecule has 0 saturated carbocycles. The second-order valence-corrected chi connectivity index (χ2v) is 5.89. The molecule has 98 valence electrons. The number of rotatable bonds is 2. The highest BCUT2D eigenvalue weighted by Crippen LogP contribution is 2.13. The molecule has 6 heteroatoms. The van der Waals surface area contributed by atoms with Gasteiger partial charge in [-0.25, -0.2) is 10.8 Å². The third-order valence-corrected chi connectivity index (χ3v) is 4.22. The molecule has 5 nitrogen and oxygen atoms in total. The van der Waals surface area contributed by atoms with Crippen molar-refractivity contribution in [3.63, 3.8) is 0 Å². The predicted octanol–water partition coefficient (Wildman–Crippen LogP) is 0.829. The molecule has 1 saturated heterocycles. The van der Waals surface area contributed by atoms with Crippen LogP contribution in [0, 0.1) is 0 Å². The average molecular weight is 266 g/mol. The van der Waals surface area contributed by atoms with E-state index in [1.807, 2.05) is 30.3 Å². The van der Waals surface area contributed by atoms with Crippen LogP contribution in [0.4, 0.5) is 5.69 Å². The fourth-order valence-corrected chi connectivity index (χ4v) is 3.13. The molecule has 0 unspecified atom stereocenters. The molecule has 4 N–H and O–H groups in total. The first-order chi connectivity index (χ1) is 8.78. The van der Waals surface area contributed by atoms with E-state index in [-0.39, 0.29) is 6.04 Å². The van der Waals surface area contributed by atoms with E-state index in [4.69, 9.17) is 5.84 Å². The number of hydrogen-bond acceptors (Lipinski definition) is 3. The largest absolute Gasteiger partial charge is 0.325 e. The Morgan fingerprint density at radius 2 is 1.94 bits per heavy atom. The number of guanidine groups is 1. The Labute approximate surface area is 109 Å². The van der Waals surface area contributed by atoms with Crippen molar-refractivity contribution in [2.24, 2.45) is 10.8 Å². The molecular weight excluding hydrogens is 248 g/mol. The lowest BCUT2D eigenvalue weighted by atomic mass is 10.2. The van der Waals surface area contributed by atoms with Gasteiger partial charge in [0.1, 0.15) is 0 Å². The van der Waals surface area contributed by atoms with Crippen molar-refractivity contribution in [2.75, 3.05) is 16.8 Å². The van der Waals surface area contributed by atoms with Crippen LogP contribution in [0.15, 0.2) is 35.3 Å². The lowest BCUT2D eigenvalue weighted by molar-refractivity contribution is 0.597. The van der Waals surface area contributed by atoms with Crippen LogP contribution >= 0.6 is 0 Å². The maximum Gasteiger partial charge on any atom is 0.210 e. The van der Waals surface area contributed by atoms with E-state index in [1.54, 1.807) is 0 Å². The SMILES string of the molecule is NNC(=NC1CCS(=O)CC1)Nc1ccccc1. The van der Waals surface area contributed by atoms with Gasteiger partial charge < -0.3 is 5.32 Å². The Kier molecular flexibility index (Phi) is 4.72. The lowest BCUT2D eigenvalue weighted by Crippen LogP contribution is -2.38. The highest BCUT2D eigenvalue weighted by molar-refractivity contribution is 7.85. The Hall–Kier alpha value is -1.40. The van der Waals surface area contributed by atoms with Crippen LogP contribution in [0.25, 0.3) is 0 Å². The van der Waals surface area contributed by atoms with Gasteiger partial charge in [0.25, 0.3) is 0 Å². The fraction of sp³-hybridized carbons (Fsp3) is 0.417. The maximum absolute atomic E-state index is 11.3. The summed E-state index contributed by atoms with van der Waals surface area (Å²) >= 11 is 0. The van der Waals surface area contributed by atoms with Gasteiger partial charge in [0.15, 0.2) is 0 Å². The molecule has 1 aromatic carbocycles. The summed E-state index contributed by atoms with van der Waals surface area (Å²) in [5.41, 5.74) is 3.51. The molecule has 0 amide bonds. The summed E-state index contributed by atoms with van der Waals surface area (Å²) < 4.78 is 11.3. The van der Waals surface area contributed by atoms with Crippen LogP contribution in [0.1, 0.15) is 12.8 Å². The molecule has 0 atom stereocenters. The minimum absolute atomic E-state index is 0.199. The lowest BCUT2D eigenvalue weighted by Gasteiger charge is -2.19. The van der Waals surface area contributed by atoms with Gasteiger partial charge in [-0.15, -0.1) is 0 Å². The number of nitrogens with zero attached hydrogens (tertiary/aromatic N) is 1. The van der Waals surface area contributed by atoms with Gasteiger partial charge in [-0.05, 0) is 25.0 Å². The Balaban J connectivity index is 1.97. The molecule has 1 aliphatic heterocycles. The normalized spacial score (nSPS) is 24.6. The predicted molar refractivity (Wildman–Crippen MR) is 75.7 cm³/mol. The van der Waals surface area contributed by atoms with E-state index in [9.17, 15) is 4.21 Å². The van der Waals surface area contributed by atoms with Gasteiger partial charge in [-0.2, -0.15) is 0 Å². The summed E-state index contributed by atoms with van der Waals surface area (Å²) in [6.07, 6.45) is 1.71. The van der Waals surface area contributed by atoms with Crippen LogP contribution in [0.5, 0.6) is 0 Å². The van der Waals surface area contributed by atoms with Gasteiger partial charge >= 0.3 is 0 Å². The molecular formula is C12H18N4OS. The molecule has 0 radical (unpaired) electrons. The van der Waals surface area contributed by atoms with E-state index < -0.39 is 10.8 Å². The topological polar surface area (TPSA) is 79.5 Å². The van der Waals surface area contributed by atoms with E-state index >= 15 is 0 Å². The summed E-state index contributed by atoms with van der Waals surface area (Å²) in [5, 5.41) is 3.13. The molecule has 0 bridgehead atoms. The van der Waals surface area contributed by atoms with Crippen LogP contribution in [0.3, 0.4) is 0 Å². The zero-order valence-electron chi connectivity index (χ0n) is 10.1. The van der Waals surface area contributed by atoms with Gasteiger partial charge in [-0.3, -0.25) is 9.63 Å². The molecule has 1 aromatic rings. The number of nitrogens with one attached hydrogen (secondary N) is 2. The molecule has 0 aliphatic carbocycles. The zero-order valence-corrected chi connectivity index (χ0v) is 11.0. The third kappa shape index (κ3) is 3.82. The van der Waals surface area contributed by atoms with Gasteiger partial charge in [0, 0.05) is 28.0 Å². The number of para-hydroxylation sites is 1. The molecule has 18 heavy (non-hydrogen) atoms. The number of aliphatic imine (C=N–C) groups is 1. The monoisotopic (exact) mass is 266 g/mol. The van der Waals surface area contributed by atoms with Crippen molar-refractivity contribution < 1.29 is 4.21 Å². The third-order valence-electron chi connectivity index (χ3n) is 2.84. The highest BCUT2D eigenvalue weighted by atomic mass is 32.2. The van der Waals surface area contributed by atoms with Crippen molar-refractivity contribution >= 4 is 22.4 Å². The van der Waals surface area contributed by atoms with Gasteiger partial charge in [0.2, 0.25) is 5.96 Å². The van der Waals surface area contributed by atoms with Crippen molar-refractivity contribution in [1.29, 1.82) is 0 Å². The van der Waals surface area contributed by atoms with E-state index in [0.29, 0.717) is 5.96 Å². The zero-order chi connectivity index (χ0) is 12.8. The van der Waals surface area contributed by atoms with E-state index in [2.05, 4.69) is 15.7 Å². The van der Waals surface area contributed by atoms with Crippen LogP contribution in [-0.4, -0.2) is 27.7 Å². The minimum atomic E-state index is -0.657. The number of hydrogen-bond donors (Lipinski definition) is 3. The summed E-state index contributed by atoms with van der Waals surface area (Å²) in [4.78, 5) is 4.52. The number of anilines is 1. The smallest absolute Gasteiger partial charge is 0.210 e. The maximum atomic E-state index is 11.3. The highest BCUT2D eigenvalue weighted by Gasteiger charge is 2.17. The van der Waals surface area contributed by atoms with Crippen LogP contribution in [0.2, 0.25) is 0 Å². The Morgan fingerprint density at radius 1 is 1.28 bits per heavy atom. The summed E-state index contributed by atoms with van der Waals surface area (Å²) in [6.45, 7) is 0. The average Bonchev–Trinajstić information content (AvgIpc) is 2.41. The first kappa shape index (κ1) is 13.0. The first-order valence-electron chi connectivity index (χ1n) is 5.99. The summed E-state index contributed by atoms with van der Waals surface area (Å²) in [7, 11) is -0.657. The molecule has 2 rings (SSSR count). The second-order valence-electron chi connectivity index (χ2n) is 4.19. The van der Waals surface area contributed by atoms with Crippen molar-refractivity contribution in [2.45, 2.75) is 18.9 Å². The van der Waals surface area contributed by atoms with Crippen molar-refractivity contribution in [3.05, 3.63) is 30.3 Å². The first-order valence-corrected chi connectivity index (χ1v) is 7.48. The standard InChI is InChI=1S/C12H18N4OS/c13-16-12(14-10-4-2-1-3-5-10)15-11-6-8-18(17)9-7-11/h1-5,11H,6-9,13H2,(H2,14,15,16). The molecule has 0 spiro atoms. The van der Waals surface area contributed by atoms with E-state index in [0.717, 1.165) is 30.0 Å². The number of hydrazine groups is 1. The fourth-order valence-electron chi connectivity index (χ4n) is 1.86. The minimum Gasteiger partial charge on any atom is -0.325 e. The quantitative estimate of drug-likeness (QED) is 0.320. The molecule has 0 aromatic heterocycles. The molecule has 1 aliphatic rings. The van der Waals surface area contributed by atoms with Gasteiger partial charge in [0.05, 0.1) is 6.04 Å². The van der Waals surface area contributed by atoms with Crippen molar-refractivity contribution in [3.8, 4) is 0 Å². The van der Waals surface area contributed by atoms with Gasteiger partial charge in [-0.1, -0.05) is 18.2 Å². The summed E-state index contributed by atoms with van der Waals surface area (Å²) in [6, 6.07) is 9.94.